The molecular weight excluding hydrogens is 394 g/mol. The predicted molar refractivity (Wildman–Crippen MR) is 106 cm³/mol. The molecule has 1 saturated carbocycles. The molecule has 1 aromatic heterocycles. The fourth-order valence-corrected chi connectivity index (χ4v) is 4.09. The molecule has 0 aliphatic heterocycles. The number of thiocarbonyl (C=S) groups is 1. The van der Waals surface area contributed by atoms with E-state index in [1.165, 1.54) is 37.1 Å². The van der Waals surface area contributed by atoms with Crippen molar-refractivity contribution in [2.45, 2.75) is 36.6 Å². The van der Waals surface area contributed by atoms with Crippen molar-refractivity contribution in [1.29, 1.82) is 0 Å². The quantitative estimate of drug-likeness (QED) is 0.650. The first kappa shape index (κ1) is 18.8. The Morgan fingerprint density at radius 1 is 1.08 bits per heavy atom. The van der Waals surface area contributed by atoms with Crippen LogP contribution in [0.4, 0.5) is 11.5 Å². The van der Waals surface area contributed by atoms with Crippen molar-refractivity contribution >= 4 is 50.5 Å². The molecule has 1 fully saturated rings. The summed E-state index contributed by atoms with van der Waals surface area (Å²) < 4.78 is 27.1. The number of anilines is 2. The molecule has 3 N–H and O–H groups in total. The van der Waals surface area contributed by atoms with E-state index < -0.39 is 10.0 Å². The molecule has 138 valence electrons. The Hall–Kier alpha value is -1.97. The van der Waals surface area contributed by atoms with Crippen molar-refractivity contribution < 1.29 is 8.42 Å². The number of rotatable bonds is 5. The van der Waals surface area contributed by atoms with Crippen LogP contribution >= 0.6 is 23.8 Å². The minimum atomic E-state index is -3.76. The maximum Gasteiger partial charge on any atom is 0.263 e. The molecule has 0 amide bonds. The lowest BCUT2D eigenvalue weighted by molar-refractivity contribution is 0.601. The molecule has 1 aromatic carbocycles. The van der Waals surface area contributed by atoms with Gasteiger partial charge < -0.3 is 10.6 Å². The first-order valence-electron chi connectivity index (χ1n) is 8.12. The SMILES string of the molecule is O=S(=O)(Nc1ccc(Cl)nn1)c1ccc(NC(=S)NC2CCCC2)cc1. The molecule has 0 atom stereocenters. The fraction of sp³-hybridized carbons (Fsp3) is 0.312. The molecular formula is C16H18ClN5O2S2. The third-order valence-corrected chi connectivity index (χ3v) is 5.78. The molecule has 1 aliphatic carbocycles. The van der Waals surface area contributed by atoms with Crippen molar-refractivity contribution in [3.63, 3.8) is 0 Å². The Balaban J connectivity index is 1.62. The van der Waals surface area contributed by atoms with Gasteiger partial charge in [-0.15, -0.1) is 10.2 Å². The topological polar surface area (TPSA) is 96.0 Å². The van der Waals surface area contributed by atoms with Crippen LogP contribution in [-0.2, 0) is 10.0 Å². The average Bonchev–Trinajstić information content (AvgIpc) is 3.10. The Bertz CT molecular complexity index is 867. The van der Waals surface area contributed by atoms with Gasteiger partial charge in [0.2, 0.25) is 0 Å². The van der Waals surface area contributed by atoms with Gasteiger partial charge in [0.15, 0.2) is 16.1 Å². The molecule has 0 unspecified atom stereocenters. The Morgan fingerprint density at radius 3 is 2.38 bits per heavy atom. The third kappa shape index (κ3) is 5.03. The number of hydrogen-bond acceptors (Lipinski definition) is 5. The standard InChI is InChI=1S/C16H18ClN5O2S2/c17-14-9-10-15(21-20-14)22-26(23,24)13-7-5-12(6-8-13)19-16(25)18-11-3-1-2-4-11/h5-11H,1-4H2,(H,21,22)(H2,18,19,25). The summed E-state index contributed by atoms with van der Waals surface area (Å²) in [6, 6.07) is 9.61. The highest BCUT2D eigenvalue weighted by molar-refractivity contribution is 7.92. The molecule has 0 radical (unpaired) electrons. The van der Waals surface area contributed by atoms with E-state index in [4.69, 9.17) is 23.8 Å². The number of hydrogen-bond donors (Lipinski definition) is 3. The van der Waals surface area contributed by atoms with Gasteiger partial charge in [0, 0.05) is 11.7 Å². The van der Waals surface area contributed by atoms with Crippen molar-refractivity contribution in [2.24, 2.45) is 0 Å². The smallest absolute Gasteiger partial charge is 0.263 e. The zero-order valence-corrected chi connectivity index (χ0v) is 16.2. The van der Waals surface area contributed by atoms with E-state index in [-0.39, 0.29) is 15.9 Å². The lowest BCUT2D eigenvalue weighted by Crippen LogP contribution is -2.35. The summed E-state index contributed by atoms with van der Waals surface area (Å²) in [5.74, 6) is 0.0959. The summed E-state index contributed by atoms with van der Waals surface area (Å²) in [7, 11) is -3.76. The van der Waals surface area contributed by atoms with Gasteiger partial charge in [0.1, 0.15) is 0 Å². The van der Waals surface area contributed by atoms with Crippen LogP contribution in [0.2, 0.25) is 5.15 Å². The van der Waals surface area contributed by atoms with Crippen LogP contribution in [0.5, 0.6) is 0 Å². The normalized spacial score (nSPS) is 14.8. The first-order chi connectivity index (χ1) is 12.4. The number of sulfonamides is 1. The summed E-state index contributed by atoms with van der Waals surface area (Å²) in [4.78, 5) is 0.106. The van der Waals surface area contributed by atoms with Gasteiger partial charge in [-0.25, -0.2) is 8.42 Å². The highest BCUT2D eigenvalue weighted by Crippen LogP contribution is 2.19. The lowest BCUT2D eigenvalue weighted by Gasteiger charge is -2.16. The van der Waals surface area contributed by atoms with Crippen LogP contribution in [0.15, 0.2) is 41.3 Å². The zero-order valence-electron chi connectivity index (χ0n) is 13.8. The van der Waals surface area contributed by atoms with Crippen molar-refractivity contribution in [2.75, 3.05) is 10.0 Å². The molecule has 7 nitrogen and oxygen atoms in total. The van der Waals surface area contributed by atoms with Crippen LogP contribution < -0.4 is 15.4 Å². The number of nitrogens with zero attached hydrogens (tertiary/aromatic N) is 2. The third-order valence-electron chi connectivity index (χ3n) is 3.98. The molecule has 10 heteroatoms. The summed E-state index contributed by atoms with van der Waals surface area (Å²) in [6.45, 7) is 0. The maximum atomic E-state index is 12.4. The van der Waals surface area contributed by atoms with Crippen LogP contribution in [0.3, 0.4) is 0 Å². The summed E-state index contributed by atoms with van der Waals surface area (Å²) in [5, 5.41) is 14.4. The monoisotopic (exact) mass is 411 g/mol. The van der Waals surface area contributed by atoms with Gasteiger partial charge in [0.05, 0.1) is 4.90 Å². The van der Waals surface area contributed by atoms with E-state index >= 15 is 0 Å². The van der Waals surface area contributed by atoms with E-state index in [0.717, 1.165) is 12.8 Å². The van der Waals surface area contributed by atoms with Crippen LogP contribution in [0.1, 0.15) is 25.7 Å². The van der Waals surface area contributed by atoms with E-state index in [2.05, 4.69) is 25.6 Å². The van der Waals surface area contributed by atoms with Gasteiger partial charge in [-0.1, -0.05) is 24.4 Å². The Labute approximate surface area is 162 Å². The molecule has 2 aromatic rings. The average molecular weight is 412 g/mol. The van der Waals surface area contributed by atoms with Crippen LogP contribution in [0, 0.1) is 0 Å². The summed E-state index contributed by atoms with van der Waals surface area (Å²) >= 11 is 10.9. The highest BCUT2D eigenvalue weighted by atomic mass is 35.5. The van der Waals surface area contributed by atoms with Gasteiger partial charge >= 0.3 is 0 Å². The molecule has 3 rings (SSSR count). The molecule has 0 spiro atoms. The minimum Gasteiger partial charge on any atom is -0.360 e. The van der Waals surface area contributed by atoms with Crippen LogP contribution in [-0.4, -0.2) is 29.8 Å². The fourth-order valence-electron chi connectivity index (χ4n) is 2.71. The van der Waals surface area contributed by atoms with Gasteiger partial charge in [-0.05, 0) is 61.5 Å². The second-order valence-corrected chi connectivity index (χ2v) is 8.43. The minimum absolute atomic E-state index is 0.0959. The summed E-state index contributed by atoms with van der Waals surface area (Å²) in [5.41, 5.74) is 0.714. The Morgan fingerprint density at radius 2 is 1.77 bits per heavy atom. The number of nitrogens with one attached hydrogen (secondary N) is 3. The van der Waals surface area contributed by atoms with E-state index in [0.29, 0.717) is 16.8 Å². The predicted octanol–water partition coefficient (Wildman–Crippen LogP) is 3.16. The molecule has 1 aliphatic rings. The zero-order chi connectivity index (χ0) is 18.6. The molecule has 1 heterocycles. The van der Waals surface area contributed by atoms with Crippen molar-refractivity contribution in [1.82, 2.24) is 15.5 Å². The second kappa shape index (κ2) is 8.15. The van der Waals surface area contributed by atoms with E-state index in [1.54, 1.807) is 12.1 Å². The summed E-state index contributed by atoms with van der Waals surface area (Å²) in [6.07, 6.45) is 4.69. The van der Waals surface area contributed by atoms with Crippen LogP contribution in [0.25, 0.3) is 0 Å². The molecule has 26 heavy (non-hydrogen) atoms. The number of benzene rings is 1. The highest BCUT2D eigenvalue weighted by Gasteiger charge is 2.17. The first-order valence-corrected chi connectivity index (χ1v) is 10.4. The molecule has 0 bridgehead atoms. The Kier molecular flexibility index (Phi) is 5.90. The van der Waals surface area contributed by atoms with Crippen molar-refractivity contribution in [3.8, 4) is 0 Å². The van der Waals surface area contributed by atoms with E-state index in [9.17, 15) is 8.42 Å². The van der Waals surface area contributed by atoms with E-state index in [1.807, 2.05) is 0 Å². The second-order valence-electron chi connectivity index (χ2n) is 5.95. The maximum absolute atomic E-state index is 12.4. The van der Waals surface area contributed by atoms with Gasteiger partial charge in [0.25, 0.3) is 10.0 Å². The van der Waals surface area contributed by atoms with Crippen molar-refractivity contribution in [3.05, 3.63) is 41.6 Å². The molecule has 0 saturated heterocycles. The lowest BCUT2D eigenvalue weighted by atomic mass is 10.2. The number of aromatic nitrogens is 2. The van der Waals surface area contributed by atoms with Gasteiger partial charge in [-0.2, -0.15) is 0 Å². The number of halogens is 1. The largest absolute Gasteiger partial charge is 0.360 e. The van der Waals surface area contributed by atoms with Gasteiger partial charge in [-0.3, -0.25) is 4.72 Å².